The zero-order chi connectivity index (χ0) is 11.7. The summed E-state index contributed by atoms with van der Waals surface area (Å²) in [6.45, 7) is 9.90. The van der Waals surface area contributed by atoms with Crippen LogP contribution in [-0.4, -0.2) is 18.2 Å². The Bertz CT molecular complexity index is 386. The SMILES string of the molecule is CC(C)c1ncc2c(c1C(C)C)OCCO2. The second kappa shape index (κ2) is 4.32. The van der Waals surface area contributed by atoms with Crippen LogP contribution in [-0.2, 0) is 0 Å². The lowest BCUT2D eigenvalue weighted by atomic mass is 9.94. The third kappa shape index (κ3) is 1.86. The Kier molecular flexibility index (Phi) is 3.03. The zero-order valence-corrected chi connectivity index (χ0v) is 10.4. The average molecular weight is 221 g/mol. The van der Waals surface area contributed by atoms with Crippen molar-refractivity contribution < 1.29 is 9.47 Å². The van der Waals surface area contributed by atoms with Crippen LogP contribution in [0.25, 0.3) is 0 Å². The van der Waals surface area contributed by atoms with E-state index in [9.17, 15) is 0 Å². The molecular weight excluding hydrogens is 202 g/mol. The summed E-state index contributed by atoms with van der Waals surface area (Å²) in [5.74, 6) is 2.51. The summed E-state index contributed by atoms with van der Waals surface area (Å²) < 4.78 is 11.3. The second-order valence-corrected chi connectivity index (χ2v) is 4.76. The third-order valence-electron chi connectivity index (χ3n) is 2.78. The van der Waals surface area contributed by atoms with Gasteiger partial charge in [-0.2, -0.15) is 0 Å². The number of hydrogen-bond acceptors (Lipinski definition) is 3. The Hall–Kier alpha value is -1.25. The smallest absolute Gasteiger partial charge is 0.179 e. The van der Waals surface area contributed by atoms with Gasteiger partial charge < -0.3 is 9.47 Å². The van der Waals surface area contributed by atoms with Gasteiger partial charge in [0.25, 0.3) is 0 Å². The van der Waals surface area contributed by atoms with E-state index in [1.54, 1.807) is 6.20 Å². The Morgan fingerprint density at radius 3 is 2.38 bits per heavy atom. The molecule has 0 saturated heterocycles. The molecule has 1 aromatic heterocycles. The van der Waals surface area contributed by atoms with Crippen molar-refractivity contribution in [3.63, 3.8) is 0 Å². The van der Waals surface area contributed by atoms with Crippen molar-refractivity contribution in [2.24, 2.45) is 0 Å². The van der Waals surface area contributed by atoms with Crippen LogP contribution >= 0.6 is 0 Å². The molecule has 0 aromatic carbocycles. The van der Waals surface area contributed by atoms with Gasteiger partial charge in [-0.05, 0) is 11.8 Å². The van der Waals surface area contributed by atoms with E-state index in [0.717, 1.165) is 17.2 Å². The fourth-order valence-corrected chi connectivity index (χ4v) is 2.07. The second-order valence-electron chi connectivity index (χ2n) is 4.76. The van der Waals surface area contributed by atoms with Gasteiger partial charge in [-0.3, -0.25) is 4.98 Å². The maximum atomic E-state index is 5.74. The van der Waals surface area contributed by atoms with Crippen LogP contribution in [0, 0.1) is 0 Å². The molecule has 1 aliphatic rings. The molecule has 0 radical (unpaired) electrons. The van der Waals surface area contributed by atoms with E-state index in [1.807, 2.05) is 0 Å². The Morgan fingerprint density at radius 1 is 1.06 bits per heavy atom. The Morgan fingerprint density at radius 2 is 1.75 bits per heavy atom. The fraction of sp³-hybridized carbons (Fsp3) is 0.615. The standard InChI is InChI=1S/C13H19NO2/c1-8(2)11-12(9(3)4)14-7-10-13(11)16-6-5-15-10/h7-9H,5-6H2,1-4H3. The Balaban J connectivity index is 2.57. The molecule has 0 spiro atoms. The van der Waals surface area contributed by atoms with Gasteiger partial charge in [0.1, 0.15) is 13.2 Å². The van der Waals surface area contributed by atoms with E-state index in [2.05, 4.69) is 32.7 Å². The Labute approximate surface area is 96.8 Å². The van der Waals surface area contributed by atoms with Crippen molar-refractivity contribution in [2.45, 2.75) is 39.5 Å². The lowest BCUT2D eigenvalue weighted by Gasteiger charge is -2.25. The van der Waals surface area contributed by atoms with Gasteiger partial charge in [0.05, 0.1) is 11.9 Å². The van der Waals surface area contributed by atoms with Crippen LogP contribution in [0.4, 0.5) is 0 Å². The number of fused-ring (bicyclic) bond motifs is 1. The number of hydrogen-bond donors (Lipinski definition) is 0. The molecule has 1 aliphatic heterocycles. The van der Waals surface area contributed by atoms with Crippen LogP contribution < -0.4 is 9.47 Å². The minimum atomic E-state index is 0.404. The molecule has 0 N–H and O–H groups in total. The van der Waals surface area contributed by atoms with Crippen molar-refractivity contribution in [3.05, 3.63) is 17.5 Å². The van der Waals surface area contributed by atoms with Gasteiger partial charge in [0.15, 0.2) is 11.5 Å². The maximum absolute atomic E-state index is 5.74. The van der Waals surface area contributed by atoms with Gasteiger partial charge in [0.2, 0.25) is 0 Å². The fourth-order valence-electron chi connectivity index (χ4n) is 2.07. The average Bonchev–Trinajstić information content (AvgIpc) is 2.27. The van der Waals surface area contributed by atoms with Gasteiger partial charge in [-0.1, -0.05) is 27.7 Å². The van der Waals surface area contributed by atoms with Crippen molar-refractivity contribution >= 4 is 0 Å². The molecule has 88 valence electrons. The number of nitrogens with zero attached hydrogens (tertiary/aromatic N) is 1. The summed E-state index contributed by atoms with van der Waals surface area (Å²) in [7, 11) is 0. The molecule has 2 rings (SSSR count). The minimum Gasteiger partial charge on any atom is -0.486 e. The first kappa shape index (κ1) is 11.2. The highest BCUT2D eigenvalue weighted by atomic mass is 16.6. The summed E-state index contributed by atoms with van der Waals surface area (Å²) in [4.78, 5) is 4.51. The summed E-state index contributed by atoms with van der Waals surface area (Å²) in [5, 5.41) is 0. The zero-order valence-electron chi connectivity index (χ0n) is 10.4. The summed E-state index contributed by atoms with van der Waals surface area (Å²) >= 11 is 0. The molecule has 0 amide bonds. The van der Waals surface area contributed by atoms with Crippen LogP contribution in [0.5, 0.6) is 11.5 Å². The van der Waals surface area contributed by atoms with Gasteiger partial charge in [-0.15, -0.1) is 0 Å². The highest BCUT2D eigenvalue weighted by Crippen LogP contribution is 2.40. The van der Waals surface area contributed by atoms with E-state index < -0.39 is 0 Å². The first-order chi connectivity index (χ1) is 7.61. The van der Waals surface area contributed by atoms with Crippen molar-refractivity contribution in [3.8, 4) is 11.5 Å². The van der Waals surface area contributed by atoms with E-state index in [4.69, 9.17) is 9.47 Å². The minimum absolute atomic E-state index is 0.404. The van der Waals surface area contributed by atoms with E-state index in [0.29, 0.717) is 25.0 Å². The van der Waals surface area contributed by atoms with Gasteiger partial charge in [0, 0.05) is 5.56 Å². The molecule has 0 bridgehead atoms. The monoisotopic (exact) mass is 221 g/mol. The normalized spacial score (nSPS) is 14.6. The van der Waals surface area contributed by atoms with E-state index in [-0.39, 0.29) is 0 Å². The number of ether oxygens (including phenoxy) is 2. The molecule has 0 aliphatic carbocycles. The molecular formula is C13H19NO2. The lowest BCUT2D eigenvalue weighted by Crippen LogP contribution is -2.18. The third-order valence-corrected chi connectivity index (χ3v) is 2.78. The van der Waals surface area contributed by atoms with Crippen LogP contribution in [0.15, 0.2) is 6.20 Å². The van der Waals surface area contributed by atoms with Crippen LogP contribution in [0.2, 0.25) is 0 Å². The van der Waals surface area contributed by atoms with Crippen molar-refractivity contribution in [2.75, 3.05) is 13.2 Å². The van der Waals surface area contributed by atoms with Crippen LogP contribution in [0.1, 0.15) is 50.8 Å². The van der Waals surface area contributed by atoms with Gasteiger partial charge in [-0.25, -0.2) is 0 Å². The molecule has 0 fully saturated rings. The quantitative estimate of drug-likeness (QED) is 0.769. The van der Waals surface area contributed by atoms with E-state index in [1.165, 1.54) is 5.56 Å². The lowest BCUT2D eigenvalue weighted by molar-refractivity contribution is 0.168. The molecule has 2 heterocycles. The van der Waals surface area contributed by atoms with E-state index >= 15 is 0 Å². The highest BCUT2D eigenvalue weighted by Gasteiger charge is 2.23. The first-order valence-corrected chi connectivity index (χ1v) is 5.89. The van der Waals surface area contributed by atoms with Crippen LogP contribution in [0.3, 0.4) is 0 Å². The summed E-state index contributed by atoms with van der Waals surface area (Å²) in [6.07, 6.45) is 1.79. The number of rotatable bonds is 2. The molecule has 3 heteroatoms. The maximum Gasteiger partial charge on any atom is 0.179 e. The number of aromatic nitrogens is 1. The predicted molar refractivity (Wildman–Crippen MR) is 63.4 cm³/mol. The van der Waals surface area contributed by atoms with Crippen molar-refractivity contribution in [1.29, 1.82) is 0 Å². The highest BCUT2D eigenvalue weighted by molar-refractivity contribution is 5.50. The molecule has 1 aromatic rings. The largest absolute Gasteiger partial charge is 0.486 e. The summed E-state index contributed by atoms with van der Waals surface area (Å²) in [5.41, 5.74) is 2.33. The predicted octanol–water partition coefficient (Wildman–Crippen LogP) is 3.10. The molecule has 0 saturated carbocycles. The summed E-state index contributed by atoms with van der Waals surface area (Å²) in [6, 6.07) is 0. The molecule has 3 nitrogen and oxygen atoms in total. The van der Waals surface area contributed by atoms with Crippen molar-refractivity contribution in [1.82, 2.24) is 4.98 Å². The first-order valence-electron chi connectivity index (χ1n) is 5.89. The van der Waals surface area contributed by atoms with Gasteiger partial charge >= 0.3 is 0 Å². The molecule has 16 heavy (non-hydrogen) atoms. The molecule has 0 atom stereocenters. The number of pyridine rings is 1. The molecule has 0 unspecified atom stereocenters. The topological polar surface area (TPSA) is 31.4 Å².